The Morgan fingerprint density at radius 1 is 1.24 bits per heavy atom. The van der Waals surface area contributed by atoms with E-state index < -0.39 is 0 Å². The average molecular weight is 283 g/mol. The monoisotopic (exact) mass is 283 g/mol. The molecule has 0 aliphatic carbocycles. The topological polar surface area (TPSA) is 33.0 Å². The molecule has 110 valence electrons. The molecule has 0 bridgehead atoms. The van der Waals surface area contributed by atoms with Crippen LogP contribution in [0.15, 0.2) is 48.8 Å². The van der Waals surface area contributed by atoms with E-state index in [1.54, 1.807) is 0 Å². The number of nitrogens with one attached hydrogen (secondary N) is 1. The Balaban J connectivity index is 2.04. The summed E-state index contributed by atoms with van der Waals surface area (Å²) in [4.78, 5) is 12.3. The number of carbonyl (C=O) groups excluding carboxylic acids is 1. The summed E-state index contributed by atoms with van der Waals surface area (Å²) in [6, 6.07) is 11.8. The van der Waals surface area contributed by atoms with Gasteiger partial charge in [0.1, 0.15) is 0 Å². The normalized spacial score (nSPS) is 12.0. The number of benzene rings is 1. The fourth-order valence-electron chi connectivity index (χ4n) is 2.29. The fraction of sp³-hybridized carbons (Fsp3) is 0.333. The van der Waals surface area contributed by atoms with E-state index in [2.05, 4.69) is 24.4 Å². The Hall–Kier alpha value is -2.16. The molecular weight excluding hydrogens is 260 g/mol. The lowest BCUT2D eigenvalue weighted by Gasteiger charge is -2.09. The highest BCUT2D eigenvalue weighted by Gasteiger charge is 2.21. The van der Waals surface area contributed by atoms with Crippen LogP contribution in [0, 0.1) is 6.92 Å². The van der Waals surface area contributed by atoms with E-state index in [-0.39, 0.29) is 11.9 Å². The summed E-state index contributed by atoms with van der Waals surface area (Å²) in [5.74, 6) is -0.00570. The lowest BCUT2D eigenvalue weighted by atomic mass is 10.1. The van der Waals surface area contributed by atoms with Crippen molar-refractivity contribution in [1.29, 1.82) is 0 Å². The highest BCUT2D eigenvalue weighted by molar-refractivity contribution is 5.92. The fourth-order valence-corrected chi connectivity index (χ4v) is 2.29. The molecule has 0 aliphatic heterocycles. The van der Waals surface area contributed by atoms with Crippen molar-refractivity contribution < 1.29 is 9.36 Å². The van der Waals surface area contributed by atoms with Crippen molar-refractivity contribution in [3.05, 3.63) is 59.9 Å². The number of hydrogen-bond acceptors (Lipinski definition) is 1. The SMILES string of the molecule is CCCc1cc[n+]([C@H](C)C(=O)Nc2cccc(C)c2)cc1. The minimum atomic E-state index is -0.235. The van der Waals surface area contributed by atoms with E-state index in [0.717, 1.165) is 24.1 Å². The molecule has 0 aliphatic rings. The number of aromatic nitrogens is 1. The van der Waals surface area contributed by atoms with Gasteiger partial charge in [-0.05, 0) is 36.6 Å². The molecule has 2 aromatic rings. The minimum absolute atomic E-state index is 0.00570. The molecule has 1 atom stereocenters. The zero-order valence-corrected chi connectivity index (χ0v) is 13.0. The first-order valence-corrected chi connectivity index (χ1v) is 7.47. The molecule has 1 N–H and O–H groups in total. The molecule has 0 unspecified atom stereocenters. The van der Waals surface area contributed by atoms with Crippen LogP contribution in [0.1, 0.15) is 37.4 Å². The van der Waals surface area contributed by atoms with Gasteiger partial charge in [-0.25, -0.2) is 0 Å². The summed E-state index contributed by atoms with van der Waals surface area (Å²) in [5.41, 5.74) is 3.28. The van der Waals surface area contributed by atoms with Crippen LogP contribution in [0.3, 0.4) is 0 Å². The first kappa shape index (κ1) is 15.2. The second-order valence-electron chi connectivity index (χ2n) is 5.44. The van der Waals surface area contributed by atoms with Crippen molar-refractivity contribution in [2.75, 3.05) is 5.32 Å². The van der Waals surface area contributed by atoms with Crippen molar-refractivity contribution in [3.8, 4) is 0 Å². The largest absolute Gasteiger partial charge is 0.320 e. The molecule has 1 heterocycles. The Kier molecular flexibility index (Phi) is 5.09. The summed E-state index contributed by atoms with van der Waals surface area (Å²) in [7, 11) is 0. The lowest BCUT2D eigenvalue weighted by Crippen LogP contribution is -2.44. The molecule has 0 saturated heterocycles. The third-order valence-corrected chi connectivity index (χ3v) is 3.57. The molecule has 21 heavy (non-hydrogen) atoms. The van der Waals surface area contributed by atoms with Crippen molar-refractivity contribution in [3.63, 3.8) is 0 Å². The number of carbonyl (C=O) groups is 1. The van der Waals surface area contributed by atoms with Gasteiger partial charge in [0, 0.05) is 24.7 Å². The Bertz CT molecular complexity index is 605. The van der Waals surface area contributed by atoms with E-state index in [4.69, 9.17) is 0 Å². The smallest absolute Gasteiger partial charge is 0.293 e. The molecule has 1 amide bonds. The van der Waals surface area contributed by atoms with Crippen LogP contribution in [0.2, 0.25) is 0 Å². The van der Waals surface area contributed by atoms with Crippen molar-refractivity contribution in [1.82, 2.24) is 0 Å². The first-order valence-electron chi connectivity index (χ1n) is 7.47. The molecule has 2 rings (SSSR count). The van der Waals surface area contributed by atoms with Gasteiger partial charge < -0.3 is 5.32 Å². The Morgan fingerprint density at radius 2 is 1.95 bits per heavy atom. The molecule has 0 fully saturated rings. The van der Waals surface area contributed by atoms with Gasteiger partial charge >= 0.3 is 0 Å². The van der Waals surface area contributed by atoms with Crippen LogP contribution in [0.25, 0.3) is 0 Å². The predicted octanol–water partition coefficient (Wildman–Crippen LogP) is 3.43. The first-order chi connectivity index (χ1) is 10.1. The summed E-state index contributed by atoms with van der Waals surface area (Å²) >= 11 is 0. The van der Waals surface area contributed by atoms with E-state index in [0.29, 0.717) is 0 Å². The zero-order valence-electron chi connectivity index (χ0n) is 13.0. The van der Waals surface area contributed by atoms with Gasteiger partial charge in [-0.3, -0.25) is 4.79 Å². The predicted molar refractivity (Wildman–Crippen MR) is 85.2 cm³/mol. The van der Waals surface area contributed by atoms with Crippen LogP contribution in [0.5, 0.6) is 0 Å². The number of amides is 1. The molecule has 1 aromatic heterocycles. The summed E-state index contributed by atoms with van der Waals surface area (Å²) in [6.45, 7) is 6.09. The molecule has 3 heteroatoms. The van der Waals surface area contributed by atoms with Gasteiger partial charge in [0.25, 0.3) is 5.91 Å². The lowest BCUT2D eigenvalue weighted by molar-refractivity contribution is -0.705. The molecule has 1 aromatic carbocycles. The summed E-state index contributed by atoms with van der Waals surface area (Å²) < 4.78 is 1.93. The van der Waals surface area contributed by atoms with Crippen LogP contribution >= 0.6 is 0 Å². The highest BCUT2D eigenvalue weighted by atomic mass is 16.2. The van der Waals surface area contributed by atoms with Crippen LogP contribution in [-0.4, -0.2) is 5.91 Å². The Morgan fingerprint density at radius 3 is 2.57 bits per heavy atom. The summed E-state index contributed by atoms with van der Waals surface area (Å²) in [5, 5.41) is 2.96. The van der Waals surface area contributed by atoms with Crippen molar-refractivity contribution in [2.24, 2.45) is 0 Å². The van der Waals surface area contributed by atoms with E-state index in [1.165, 1.54) is 5.56 Å². The van der Waals surface area contributed by atoms with E-state index in [1.807, 2.05) is 55.1 Å². The van der Waals surface area contributed by atoms with Crippen molar-refractivity contribution >= 4 is 11.6 Å². The van der Waals surface area contributed by atoms with E-state index >= 15 is 0 Å². The maximum atomic E-state index is 12.3. The third kappa shape index (κ3) is 4.15. The number of hydrogen-bond donors (Lipinski definition) is 1. The quantitative estimate of drug-likeness (QED) is 0.838. The standard InChI is InChI=1S/C18H22N2O/c1-4-6-16-9-11-20(12-10-16)15(3)18(21)19-17-8-5-7-14(2)13-17/h5,7-13,15H,4,6H2,1-3H3/p+1/t15-/m1/s1. The summed E-state index contributed by atoms with van der Waals surface area (Å²) in [6.07, 6.45) is 6.16. The average Bonchev–Trinajstić information content (AvgIpc) is 2.47. The van der Waals surface area contributed by atoms with Gasteiger partial charge in [0.05, 0.1) is 0 Å². The van der Waals surface area contributed by atoms with Crippen LogP contribution in [0.4, 0.5) is 5.69 Å². The molecule has 0 saturated carbocycles. The highest BCUT2D eigenvalue weighted by Crippen LogP contribution is 2.11. The van der Waals surface area contributed by atoms with Gasteiger partial charge in [0.2, 0.25) is 6.04 Å². The molecule has 0 radical (unpaired) electrons. The van der Waals surface area contributed by atoms with Gasteiger partial charge in [-0.15, -0.1) is 0 Å². The zero-order chi connectivity index (χ0) is 15.2. The van der Waals surface area contributed by atoms with Crippen molar-refractivity contribution in [2.45, 2.75) is 39.7 Å². The number of aryl methyl sites for hydroxylation is 2. The van der Waals surface area contributed by atoms with Gasteiger partial charge in [-0.1, -0.05) is 25.5 Å². The van der Waals surface area contributed by atoms with Crippen LogP contribution < -0.4 is 9.88 Å². The number of anilines is 1. The van der Waals surface area contributed by atoms with Crippen LogP contribution in [-0.2, 0) is 11.2 Å². The third-order valence-electron chi connectivity index (χ3n) is 3.57. The molecule has 3 nitrogen and oxygen atoms in total. The Labute approximate surface area is 126 Å². The second kappa shape index (κ2) is 7.02. The van der Waals surface area contributed by atoms with Gasteiger partial charge in [0.15, 0.2) is 12.4 Å². The minimum Gasteiger partial charge on any atom is -0.320 e. The maximum absolute atomic E-state index is 12.3. The number of nitrogens with zero attached hydrogens (tertiary/aromatic N) is 1. The van der Waals surface area contributed by atoms with Gasteiger partial charge in [-0.2, -0.15) is 4.57 Å². The number of pyridine rings is 1. The second-order valence-corrected chi connectivity index (χ2v) is 5.44. The maximum Gasteiger partial charge on any atom is 0.293 e. The molecule has 0 spiro atoms. The van der Waals surface area contributed by atoms with E-state index in [9.17, 15) is 4.79 Å². The molecular formula is C18H23N2O+. The number of rotatable bonds is 5.